The van der Waals surface area contributed by atoms with Crippen LogP contribution in [0.3, 0.4) is 0 Å². The zero-order valence-corrected chi connectivity index (χ0v) is 8.99. The van der Waals surface area contributed by atoms with Crippen LogP contribution in [0.25, 0.3) is 0 Å². The zero-order valence-electron chi connectivity index (χ0n) is 8.17. The number of alkyl halides is 10. The summed E-state index contributed by atoms with van der Waals surface area (Å²) in [6, 6.07) is 0. The minimum Gasteiger partial charge on any atom is -0.189 e. The van der Waals surface area contributed by atoms with E-state index in [1.54, 1.807) is 4.39 Å². The fraction of sp³-hybridized carbons (Fsp3) is 1.00. The molecule has 0 rings (SSSR count). The number of hydrogen-bond donors (Lipinski definition) is 0. The fourth-order valence-corrected chi connectivity index (χ4v) is 0.356. The van der Waals surface area contributed by atoms with E-state index in [0.717, 1.165) is 0 Å². The van der Waals surface area contributed by atoms with Crippen LogP contribution in [0.5, 0.6) is 0 Å². The Morgan fingerprint density at radius 2 is 0.800 bits per heavy atom. The third-order valence-corrected chi connectivity index (χ3v) is 1.33. The fourth-order valence-electron chi connectivity index (χ4n) is 0.356. The van der Waals surface area contributed by atoms with E-state index in [1.807, 2.05) is 0 Å². The summed E-state index contributed by atoms with van der Waals surface area (Å²) in [4.78, 5) is 0. The maximum atomic E-state index is 11.6. The lowest BCUT2D eigenvalue weighted by Gasteiger charge is -2.29. The Labute approximate surface area is 101 Å². The number of rotatable bonds is 2. The maximum absolute atomic E-state index is 11.6. The minimum atomic E-state index is -7.14. The smallest absolute Gasteiger partial charge is 0.189 e. The lowest BCUT2D eigenvalue weighted by molar-refractivity contribution is -0.419. The molecule has 0 N–H and O–H groups in total. The summed E-state index contributed by atoms with van der Waals surface area (Å²) in [6.07, 6.45) is -13.9. The molecule has 0 unspecified atom stereocenters. The van der Waals surface area contributed by atoms with E-state index in [-0.39, 0.29) is 0 Å². The molecule has 0 radical (unpaired) electrons. The number of hydrogen-bond acceptors (Lipinski definition) is 3. The molecule has 0 atom stereocenters. The highest BCUT2D eigenvalue weighted by Crippen LogP contribution is 2.53. The van der Waals surface area contributed by atoms with Crippen molar-refractivity contribution in [1.29, 1.82) is 0 Å². The van der Waals surface area contributed by atoms with E-state index in [2.05, 4.69) is 0 Å². The van der Waals surface area contributed by atoms with Gasteiger partial charge in [-0.05, 0) is 8.91 Å². The molecule has 0 fully saturated rings. The molecule has 0 amide bonds. The Balaban J connectivity index is 0. The van der Waals surface area contributed by atoms with Gasteiger partial charge in [-0.2, -0.15) is 52.3 Å². The van der Waals surface area contributed by atoms with Crippen molar-refractivity contribution in [1.82, 2.24) is 0 Å². The average Bonchev–Trinajstić information content (AvgIpc) is 2.13. The van der Waals surface area contributed by atoms with Crippen LogP contribution in [0.2, 0.25) is 0 Å². The highest BCUT2D eigenvalue weighted by atomic mass is 32.3. The van der Waals surface area contributed by atoms with Crippen molar-refractivity contribution < 1.29 is 65.1 Å². The molecular formula is C4F12O3S. The van der Waals surface area contributed by atoms with Gasteiger partial charge in [0.2, 0.25) is 0 Å². The highest BCUT2D eigenvalue weighted by molar-refractivity contribution is 7.81. The van der Waals surface area contributed by atoms with Crippen LogP contribution >= 0.6 is 0 Å². The Kier molecular flexibility index (Phi) is 6.22. The minimum absolute atomic E-state index is 1.74. The average molecular weight is 356 g/mol. The Morgan fingerprint density at radius 3 is 0.850 bits per heavy atom. The van der Waals surface area contributed by atoms with Gasteiger partial charge < -0.3 is 0 Å². The second-order valence-corrected chi connectivity index (χ2v) is 3.51. The summed E-state index contributed by atoms with van der Waals surface area (Å²) in [6.45, 7) is 0. The van der Waals surface area contributed by atoms with E-state index < -0.39 is 34.7 Å². The summed E-state index contributed by atoms with van der Waals surface area (Å²) in [5.74, 6) is -14.3. The van der Waals surface area contributed by atoms with Crippen LogP contribution in [0.4, 0.5) is 52.3 Å². The quantitative estimate of drug-likeness (QED) is 0.562. The summed E-state index contributed by atoms with van der Waals surface area (Å²) >= 11 is 0. The third kappa shape index (κ3) is 5.22. The molecule has 16 heteroatoms. The van der Waals surface area contributed by atoms with Gasteiger partial charge in [0, 0.05) is 0 Å². The normalized spacial score (nSPS) is 14.6. The van der Waals surface area contributed by atoms with Gasteiger partial charge in [0.05, 0.1) is 0 Å². The van der Waals surface area contributed by atoms with Gasteiger partial charge in [0.1, 0.15) is 0 Å². The van der Waals surface area contributed by atoms with Crippen LogP contribution < -0.4 is 0 Å². The van der Waals surface area contributed by atoms with Crippen molar-refractivity contribution in [3.8, 4) is 0 Å². The van der Waals surface area contributed by atoms with Crippen molar-refractivity contribution >= 4 is 10.5 Å². The third-order valence-electron chi connectivity index (χ3n) is 1.18. The first kappa shape index (κ1) is 21.4. The second-order valence-electron chi connectivity index (χ2n) is 2.60. The standard InChI is InChI=1S/C4F10.F2O3S/c5-1(6,3(9,10)11)2(7,8)4(12,13)14;1-5-6(2,3)4. The molecule has 0 aliphatic heterocycles. The molecule has 124 valence electrons. The SMILES string of the molecule is FC(F)(F)C(F)(F)C(F)(F)C(F)(F)F.O=S(=O)(F)OF. The Morgan fingerprint density at radius 1 is 0.650 bits per heavy atom. The van der Waals surface area contributed by atoms with Crippen LogP contribution in [-0.4, -0.2) is 32.6 Å². The molecule has 3 nitrogen and oxygen atoms in total. The molecule has 0 heterocycles. The lowest BCUT2D eigenvalue weighted by Crippen LogP contribution is -2.59. The van der Waals surface area contributed by atoms with Gasteiger partial charge in [-0.15, -0.1) is 0 Å². The summed E-state index contributed by atoms with van der Waals surface area (Å²) < 4.78 is 153. The molecule has 0 saturated heterocycles. The highest BCUT2D eigenvalue weighted by Gasteiger charge is 2.82. The molecule has 20 heavy (non-hydrogen) atoms. The molecule has 0 aliphatic carbocycles. The molecule has 0 spiro atoms. The molecule has 0 saturated carbocycles. The van der Waals surface area contributed by atoms with Gasteiger partial charge in [-0.25, -0.2) is 0 Å². The predicted octanol–water partition coefficient (Wildman–Crippen LogP) is 3.48. The molecule has 0 bridgehead atoms. The van der Waals surface area contributed by atoms with Crippen LogP contribution in [0.15, 0.2) is 0 Å². The van der Waals surface area contributed by atoms with E-state index in [0.29, 0.717) is 0 Å². The van der Waals surface area contributed by atoms with Crippen LogP contribution in [0, 0.1) is 0 Å². The van der Waals surface area contributed by atoms with E-state index in [1.165, 1.54) is 0 Å². The largest absolute Gasteiger partial charge is 0.468 e. The van der Waals surface area contributed by atoms with Gasteiger partial charge >= 0.3 is 34.7 Å². The predicted molar refractivity (Wildman–Crippen MR) is 34.2 cm³/mol. The Bertz CT molecular complexity index is 379. The molecule has 0 aromatic carbocycles. The topological polar surface area (TPSA) is 43.4 Å². The summed E-state index contributed by atoms with van der Waals surface area (Å²) in [7, 11) is -5.33. The van der Waals surface area contributed by atoms with E-state index >= 15 is 0 Å². The van der Waals surface area contributed by atoms with Crippen molar-refractivity contribution in [2.45, 2.75) is 24.2 Å². The van der Waals surface area contributed by atoms with E-state index in [4.69, 9.17) is 8.42 Å². The summed E-state index contributed by atoms with van der Waals surface area (Å²) in [5, 5.41) is 0. The van der Waals surface area contributed by atoms with Crippen molar-refractivity contribution in [3.05, 3.63) is 0 Å². The van der Waals surface area contributed by atoms with Crippen molar-refractivity contribution in [2.75, 3.05) is 0 Å². The first-order chi connectivity index (χ1) is 8.31. The zero-order chi connectivity index (χ0) is 17.2. The number of halogens is 12. The molecule has 0 aromatic heterocycles. The van der Waals surface area contributed by atoms with Crippen LogP contribution in [0.1, 0.15) is 0 Å². The van der Waals surface area contributed by atoms with Gasteiger partial charge in [0.15, 0.2) is 0 Å². The first-order valence-electron chi connectivity index (χ1n) is 3.45. The maximum Gasteiger partial charge on any atom is 0.468 e. The van der Waals surface area contributed by atoms with Gasteiger partial charge in [-0.1, -0.05) is 3.89 Å². The van der Waals surface area contributed by atoms with Crippen molar-refractivity contribution in [2.24, 2.45) is 0 Å². The lowest BCUT2D eigenvalue weighted by atomic mass is 10.1. The van der Waals surface area contributed by atoms with Gasteiger partial charge in [0.25, 0.3) is 0 Å². The molecule has 0 aliphatic rings. The monoisotopic (exact) mass is 356 g/mol. The van der Waals surface area contributed by atoms with Crippen molar-refractivity contribution in [3.63, 3.8) is 0 Å². The van der Waals surface area contributed by atoms with Gasteiger partial charge in [-0.3, -0.25) is 0 Å². The van der Waals surface area contributed by atoms with E-state index in [9.17, 15) is 52.3 Å². The molecular weight excluding hydrogens is 356 g/mol. The Hall–Kier alpha value is -0.930. The first-order valence-corrected chi connectivity index (χ1v) is 4.76. The summed E-state index contributed by atoms with van der Waals surface area (Å²) in [5.41, 5.74) is 0. The molecule has 0 aromatic rings. The second kappa shape index (κ2) is 5.82. The van der Waals surface area contributed by atoms with Crippen LogP contribution in [-0.2, 0) is 14.9 Å².